The third kappa shape index (κ3) is 4.17. The first kappa shape index (κ1) is 22.1. The van der Waals surface area contributed by atoms with Crippen LogP contribution in [0.25, 0.3) is 5.69 Å². The number of alkyl halides is 2. The molecule has 2 aromatic heterocycles. The Morgan fingerprint density at radius 2 is 2.06 bits per heavy atom. The predicted molar refractivity (Wildman–Crippen MR) is 115 cm³/mol. The number of methoxy groups -OCH3 is 1. The second-order valence-corrected chi connectivity index (χ2v) is 7.92. The predicted octanol–water partition coefficient (Wildman–Crippen LogP) is 5.20. The highest BCUT2D eigenvalue weighted by Gasteiger charge is 2.37. The number of benzene rings is 1. The van der Waals surface area contributed by atoms with E-state index in [0.29, 0.717) is 36.1 Å². The molecule has 0 radical (unpaired) electrons. The SMILES string of the molecule is C=CC[C@H]1CN(c2nnc(C(F)F)n2-c2ccc(OC)nc2)C[C@@H]1c1ccc(F)cc1Cl. The van der Waals surface area contributed by atoms with Crippen molar-refractivity contribution in [3.63, 3.8) is 0 Å². The smallest absolute Gasteiger partial charge is 0.297 e. The van der Waals surface area contributed by atoms with E-state index in [2.05, 4.69) is 21.8 Å². The summed E-state index contributed by atoms with van der Waals surface area (Å²) in [5.41, 5.74) is 1.19. The van der Waals surface area contributed by atoms with E-state index in [0.717, 1.165) is 5.56 Å². The lowest BCUT2D eigenvalue weighted by Crippen LogP contribution is -2.24. The molecule has 0 spiro atoms. The van der Waals surface area contributed by atoms with E-state index in [-0.39, 0.29) is 17.8 Å². The Morgan fingerprint density at radius 1 is 1.25 bits per heavy atom. The quantitative estimate of drug-likeness (QED) is 0.451. The minimum atomic E-state index is -2.83. The van der Waals surface area contributed by atoms with Gasteiger partial charge in [-0.1, -0.05) is 23.7 Å². The van der Waals surface area contributed by atoms with E-state index < -0.39 is 18.1 Å². The normalized spacial score (nSPS) is 18.4. The molecule has 4 rings (SSSR count). The van der Waals surface area contributed by atoms with Crippen molar-refractivity contribution in [3.05, 3.63) is 71.4 Å². The third-order valence-electron chi connectivity index (χ3n) is 5.61. The molecule has 6 nitrogen and oxygen atoms in total. The topological polar surface area (TPSA) is 56.1 Å². The maximum atomic E-state index is 13.7. The van der Waals surface area contributed by atoms with Gasteiger partial charge in [0.15, 0.2) is 0 Å². The molecule has 1 saturated heterocycles. The number of aromatic nitrogens is 4. The molecule has 0 saturated carbocycles. The van der Waals surface area contributed by atoms with E-state index in [1.54, 1.807) is 24.3 Å². The molecule has 168 valence electrons. The van der Waals surface area contributed by atoms with Gasteiger partial charge in [-0.15, -0.1) is 16.8 Å². The van der Waals surface area contributed by atoms with Crippen LogP contribution < -0.4 is 9.64 Å². The summed E-state index contributed by atoms with van der Waals surface area (Å²) in [6.07, 6.45) is 1.09. The van der Waals surface area contributed by atoms with Crippen molar-refractivity contribution in [2.45, 2.75) is 18.8 Å². The van der Waals surface area contributed by atoms with Gasteiger partial charge in [0.2, 0.25) is 17.7 Å². The highest BCUT2D eigenvalue weighted by Crippen LogP contribution is 2.40. The average molecular weight is 464 g/mol. The van der Waals surface area contributed by atoms with Crippen molar-refractivity contribution in [1.82, 2.24) is 19.7 Å². The molecule has 1 aliphatic rings. The van der Waals surface area contributed by atoms with Crippen LogP contribution in [0.2, 0.25) is 5.02 Å². The van der Waals surface area contributed by atoms with Gasteiger partial charge in [-0.2, -0.15) is 0 Å². The molecular formula is C22H21ClF3N5O. The standard InChI is InChI=1S/C22H21ClF3N5O/c1-3-4-13-11-30(12-17(13)16-7-5-14(24)9-18(16)23)22-29-28-21(20(25)26)31(22)15-6-8-19(32-2)27-10-15/h3,5-10,13,17,20H,1,4,11-12H2,2H3/t13-,17-/m0/s1. The first-order chi connectivity index (χ1) is 15.4. The number of halogens is 4. The first-order valence-electron chi connectivity index (χ1n) is 9.97. The number of nitrogens with zero attached hydrogens (tertiary/aromatic N) is 5. The number of anilines is 1. The molecular weight excluding hydrogens is 443 g/mol. The molecule has 1 aromatic carbocycles. The Morgan fingerprint density at radius 3 is 2.69 bits per heavy atom. The summed E-state index contributed by atoms with van der Waals surface area (Å²) in [5.74, 6) is -0.222. The molecule has 1 fully saturated rings. The summed E-state index contributed by atoms with van der Waals surface area (Å²) < 4.78 is 47.4. The third-order valence-corrected chi connectivity index (χ3v) is 5.94. The van der Waals surface area contributed by atoms with Gasteiger partial charge in [0, 0.05) is 30.1 Å². The van der Waals surface area contributed by atoms with Gasteiger partial charge >= 0.3 is 0 Å². The lowest BCUT2D eigenvalue weighted by atomic mass is 9.87. The van der Waals surface area contributed by atoms with Crippen LogP contribution >= 0.6 is 11.6 Å². The maximum Gasteiger partial charge on any atom is 0.297 e. The van der Waals surface area contributed by atoms with E-state index in [9.17, 15) is 13.2 Å². The number of allylic oxidation sites excluding steroid dienone is 1. The van der Waals surface area contributed by atoms with Gasteiger partial charge in [0.05, 0.1) is 19.0 Å². The van der Waals surface area contributed by atoms with Crippen LogP contribution in [-0.4, -0.2) is 39.9 Å². The largest absolute Gasteiger partial charge is 0.481 e. The van der Waals surface area contributed by atoms with Crippen LogP contribution in [0.3, 0.4) is 0 Å². The van der Waals surface area contributed by atoms with Crippen LogP contribution in [0.1, 0.15) is 30.2 Å². The monoisotopic (exact) mass is 463 g/mol. The Balaban J connectivity index is 1.73. The summed E-state index contributed by atoms with van der Waals surface area (Å²) in [6.45, 7) is 4.81. The van der Waals surface area contributed by atoms with Gasteiger partial charge in [-0.3, -0.25) is 4.57 Å². The molecule has 0 unspecified atom stereocenters. The Labute approximate surface area is 188 Å². The Bertz CT molecular complexity index is 1110. The molecule has 3 heterocycles. The molecule has 0 amide bonds. The second-order valence-electron chi connectivity index (χ2n) is 7.51. The van der Waals surface area contributed by atoms with Crippen LogP contribution in [0.5, 0.6) is 5.88 Å². The van der Waals surface area contributed by atoms with Gasteiger partial charge in [-0.05, 0) is 36.1 Å². The molecule has 0 bridgehead atoms. The highest BCUT2D eigenvalue weighted by atomic mass is 35.5. The molecule has 0 aliphatic carbocycles. The second kappa shape index (κ2) is 9.20. The van der Waals surface area contributed by atoms with Gasteiger partial charge in [0.25, 0.3) is 6.43 Å². The van der Waals surface area contributed by atoms with Gasteiger partial charge in [0.1, 0.15) is 5.82 Å². The van der Waals surface area contributed by atoms with E-state index in [4.69, 9.17) is 16.3 Å². The summed E-state index contributed by atoms with van der Waals surface area (Å²) in [4.78, 5) is 6.01. The summed E-state index contributed by atoms with van der Waals surface area (Å²) in [7, 11) is 1.47. The molecule has 3 aromatic rings. The molecule has 10 heteroatoms. The molecule has 1 aliphatic heterocycles. The lowest BCUT2D eigenvalue weighted by Gasteiger charge is -2.19. The van der Waals surface area contributed by atoms with E-state index in [1.165, 1.54) is 30.0 Å². The molecule has 32 heavy (non-hydrogen) atoms. The number of rotatable bonds is 7. The van der Waals surface area contributed by atoms with Crippen molar-refractivity contribution in [1.29, 1.82) is 0 Å². The van der Waals surface area contributed by atoms with E-state index >= 15 is 0 Å². The minimum Gasteiger partial charge on any atom is -0.481 e. The zero-order valence-electron chi connectivity index (χ0n) is 17.3. The summed E-state index contributed by atoms with van der Waals surface area (Å²) >= 11 is 6.33. The van der Waals surface area contributed by atoms with Crippen molar-refractivity contribution in [3.8, 4) is 11.6 Å². The van der Waals surface area contributed by atoms with Crippen molar-refractivity contribution in [2.24, 2.45) is 5.92 Å². The average Bonchev–Trinajstić information content (AvgIpc) is 3.39. The minimum absolute atomic E-state index is 0.0600. The van der Waals surface area contributed by atoms with Crippen molar-refractivity contribution >= 4 is 17.5 Å². The Hall–Kier alpha value is -3.07. The molecule has 2 atom stereocenters. The van der Waals surface area contributed by atoms with Gasteiger partial charge in [-0.25, -0.2) is 18.2 Å². The van der Waals surface area contributed by atoms with Crippen molar-refractivity contribution < 1.29 is 17.9 Å². The van der Waals surface area contributed by atoms with Gasteiger partial charge < -0.3 is 9.64 Å². The fourth-order valence-corrected chi connectivity index (χ4v) is 4.46. The lowest BCUT2D eigenvalue weighted by molar-refractivity contribution is 0.138. The molecule has 0 N–H and O–H groups in total. The number of pyridine rings is 1. The highest BCUT2D eigenvalue weighted by molar-refractivity contribution is 6.31. The van der Waals surface area contributed by atoms with Crippen LogP contribution in [-0.2, 0) is 0 Å². The van der Waals surface area contributed by atoms with E-state index in [1.807, 2.05) is 4.90 Å². The zero-order chi connectivity index (χ0) is 22.8. The first-order valence-corrected chi connectivity index (χ1v) is 10.3. The summed E-state index contributed by atoms with van der Waals surface area (Å²) in [6, 6.07) is 7.53. The Kier molecular flexibility index (Phi) is 6.36. The number of hydrogen-bond donors (Lipinski definition) is 0. The fourth-order valence-electron chi connectivity index (χ4n) is 4.15. The number of ether oxygens (including phenoxy) is 1. The maximum absolute atomic E-state index is 13.7. The zero-order valence-corrected chi connectivity index (χ0v) is 18.0. The van der Waals surface area contributed by atoms with Crippen LogP contribution in [0.4, 0.5) is 19.1 Å². The van der Waals surface area contributed by atoms with Crippen molar-refractivity contribution in [2.75, 3.05) is 25.1 Å². The number of hydrogen-bond acceptors (Lipinski definition) is 5. The summed E-state index contributed by atoms with van der Waals surface area (Å²) in [5, 5.41) is 8.16. The fraction of sp³-hybridized carbons (Fsp3) is 0.318. The van der Waals surface area contributed by atoms with Crippen LogP contribution in [0.15, 0.2) is 49.2 Å². The van der Waals surface area contributed by atoms with Crippen LogP contribution in [0, 0.1) is 11.7 Å².